The predicted molar refractivity (Wildman–Crippen MR) is 73.6 cm³/mol. The maximum absolute atomic E-state index is 13.5. The Morgan fingerprint density at radius 3 is 2.05 bits per heavy atom. The number of allylic oxidation sites excluding steroid dienone is 4. The summed E-state index contributed by atoms with van der Waals surface area (Å²) in [5, 5.41) is 30.6. The van der Waals surface area contributed by atoms with Crippen LogP contribution in [0.15, 0.2) is 40.7 Å². The Bertz CT molecular complexity index is 761. The molecule has 0 saturated heterocycles. The first-order valence-electron chi connectivity index (χ1n) is 6.21. The van der Waals surface area contributed by atoms with E-state index in [-0.39, 0.29) is 5.56 Å². The van der Waals surface area contributed by atoms with E-state index in [1.807, 2.05) is 0 Å². The lowest BCUT2D eigenvalue weighted by Crippen LogP contribution is -2.23. The number of hydrogen-bond donors (Lipinski definition) is 1. The summed E-state index contributed by atoms with van der Waals surface area (Å²) in [7, 11) is 0. The number of hydrogen-bond acceptors (Lipinski definition) is 4. The standard InChI is InChI=1S/C16H11FN4/c1-9-13(7-19)16(14(8-20)10(2)21-9)11-3-4-15(17)12(5-11)6-18/h3-5,16,21H,1-2H3. The van der Waals surface area contributed by atoms with Gasteiger partial charge in [0.25, 0.3) is 0 Å². The van der Waals surface area contributed by atoms with Crippen LogP contribution in [0, 0.1) is 39.8 Å². The van der Waals surface area contributed by atoms with Gasteiger partial charge in [-0.15, -0.1) is 0 Å². The third kappa shape index (κ3) is 2.36. The van der Waals surface area contributed by atoms with Crippen LogP contribution in [0.5, 0.6) is 0 Å². The Hall–Kier alpha value is -3.10. The van der Waals surface area contributed by atoms with Crippen LogP contribution in [-0.4, -0.2) is 0 Å². The first kappa shape index (κ1) is 14.3. The van der Waals surface area contributed by atoms with Crippen LogP contribution in [0.25, 0.3) is 0 Å². The fourth-order valence-electron chi connectivity index (χ4n) is 2.43. The molecule has 1 aliphatic heterocycles. The van der Waals surface area contributed by atoms with Crippen molar-refractivity contribution >= 4 is 0 Å². The van der Waals surface area contributed by atoms with Crippen LogP contribution in [-0.2, 0) is 0 Å². The highest BCUT2D eigenvalue weighted by Gasteiger charge is 2.29. The van der Waals surface area contributed by atoms with Crippen LogP contribution in [0.2, 0.25) is 0 Å². The van der Waals surface area contributed by atoms with Crippen LogP contribution in [0.4, 0.5) is 4.39 Å². The van der Waals surface area contributed by atoms with Crippen molar-refractivity contribution in [3.8, 4) is 18.2 Å². The second-order valence-corrected chi connectivity index (χ2v) is 4.71. The average Bonchev–Trinajstić information content (AvgIpc) is 2.47. The summed E-state index contributed by atoms with van der Waals surface area (Å²) in [5.41, 5.74) is 2.56. The van der Waals surface area contributed by atoms with E-state index in [2.05, 4.69) is 17.5 Å². The maximum Gasteiger partial charge on any atom is 0.140 e. The lowest BCUT2D eigenvalue weighted by molar-refractivity contribution is 0.622. The number of nitrogens with one attached hydrogen (secondary N) is 1. The number of rotatable bonds is 1. The van der Waals surface area contributed by atoms with Gasteiger partial charge in [0.05, 0.1) is 34.8 Å². The second-order valence-electron chi connectivity index (χ2n) is 4.71. The SMILES string of the molecule is CC1=C(C#N)C(c2ccc(F)c(C#N)c2)C(C#N)=C(C)N1. The molecule has 5 heteroatoms. The molecule has 102 valence electrons. The third-order valence-electron chi connectivity index (χ3n) is 3.45. The Labute approximate surface area is 122 Å². The fourth-order valence-corrected chi connectivity index (χ4v) is 2.43. The van der Waals surface area contributed by atoms with Crippen molar-refractivity contribution in [3.63, 3.8) is 0 Å². The Balaban J connectivity index is 2.69. The van der Waals surface area contributed by atoms with Gasteiger partial charge < -0.3 is 5.32 Å². The van der Waals surface area contributed by atoms with E-state index in [4.69, 9.17) is 5.26 Å². The minimum Gasteiger partial charge on any atom is -0.361 e. The lowest BCUT2D eigenvalue weighted by atomic mass is 9.81. The Morgan fingerprint density at radius 1 is 1.00 bits per heavy atom. The van der Waals surface area contributed by atoms with Gasteiger partial charge in [-0.05, 0) is 31.5 Å². The van der Waals surface area contributed by atoms with E-state index in [0.717, 1.165) is 0 Å². The second kappa shape index (κ2) is 5.49. The van der Waals surface area contributed by atoms with E-state index in [1.165, 1.54) is 18.2 Å². The summed E-state index contributed by atoms with van der Waals surface area (Å²) in [6.45, 7) is 3.50. The minimum atomic E-state index is -0.617. The molecule has 4 nitrogen and oxygen atoms in total. The van der Waals surface area contributed by atoms with Gasteiger partial charge >= 0.3 is 0 Å². The van der Waals surface area contributed by atoms with E-state index in [1.54, 1.807) is 19.9 Å². The quantitative estimate of drug-likeness (QED) is 0.856. The van der Waals surface area contributed by atoms with Gasteiger partial charge in [-0.1, -0.05) is 6.07 Å². The van der Waals surface area contributed by atoms with Crippen molar-refractivity contribution in [2.45, 2.75) is 19.8 Å². The number of nitriles is 3. The zero-order valence-corrected chi connectivity index (χ0v) is 11.5. The van der Waals surface area contributed by atoms with Crippen molar-refractivity contribution in [1.82, 2.24) is 5.32 Å². The lowest BCUT2D eigenvalue weighted by Gasteiger charge is -2.26. The van der Waals surface area contributed by atoms with Gasteiger partial charge in [0.15, 0.2) is 0 Å². The molecular formula is C16H11FN4. The highest BCUT2D eigenvalue weighted by atomic mass is 19.1. The van der Waals surface area contributed by atoms with Crippen molar-refractivity contribution in [2.24, 2.45) is 0 Å². The summed E-state index contributed by atoms with van der Waals surface area (Å²) in [6.07, 6.45) is 0. The molecule has 0 aliphatic carbocycles. The molecule has 21 heavy (non-hydrogen) atoms. The monoisotopic (exact) mass is 278 g/mol. The van der Waals surface area contributed by atoms with Crippen LogP contribution in [0.3, 0.4) is 0 Å². The molecule has 0 spiro atoms. The highest BCUT2D eigenvalue weighted by molar-refractivity contribution is 5.56. The smallest absolute Gasteiger partial charge is 0.140 e. The normalized spacial score (nSPS) is 15.0. The minimum absolute atomic E-state index is 0.101. The molecule has 0 unspecified atom stereocenters. The van der Waals surface area contributed by atoms with Gasteiger partial charge in [0, 0.05) is 11.4 Å². The number of dihydropyridines is 1. The zero-order valence-electron chi connectivity index (χ0n) is 11.5. The fraction of sp³-hybridized carbons (Fsp3) is 0.188. The Morgan fingerprint density at radius 2 is 1.57 bits per heavy atom. The van der Waals surface area contributed by atoms with Crippen LogP contribution >= 0.6 is 0 Å². The zero-order chi connectivity index (χ0) is 15.6. The molecular weight excluding hydrogens is 267 g/mol. The van der Waals surface area contributed by atoms with Gasteiger partial charge in [-0.3, -0.25) is 0 Å². The average molecular weight is 278 g/mol. The summed E-state index contributed by atoms with van der Waals surface area (Å²) in [6, 6.07) is 10.0. The van der Waals surface area contributed by atoms with E-state index >= 15 is 0 Å². The van der Waals surface area contributed by atoms with Crippen molar-refractivity contribution in [2.75, 3.05) is 0 Å². The van der Waals surface area contributed by atoms with Gasteiger partial charge in [-0.2, -0.15) is 15.8 Å². The third-order valence-corrected chi connectivity index (χ3v) is 3.45. The molecule has 1 heterocycles. The van der Waals surface area contributed by atoms with Crippen molar-refractivity contribution in [3.05, 3.63) is 57.7 Å². The van der Waals surface area contributed by atoms with Gasteiger partial charge in [0.2, 0.25) is 0 Å². The number of nitrogens with zero attached hydrogens (tertiary/aromatic N) is 3. The van der Waals surface area contributed by atoms with E-state index in [9.17, 15) is 14.9 Å². The molecule has 2 rings (SSSR count). The molecule has 1 aromatic carbocycles. The van der Waals surface area contributed by atoms with Crippen LogP contribution < -0.4 is 5.32 Å². The number of halogens is 1. The molecule has 1 N–H and O–H groups in total. The first-order valence-corrected chi connectivity index (χ1v) is 6.21. The van der Waals surface area contributed by atoms with Crippen molar-refractivity contribution < 1.29 is 4.39 Å². The van der Waals surface area contributed by atoms with Crippen LogP contribution in [0.1, 0.15) is 30.9 Å². The Kier molecular flexibility index (Phi) is 3.74. The molecule has 0 saturated carbocycles. The van der Waals surface area contributed by atoms with E-state index in [0.29, 0.717) is 28.1 Å². The van der Waals surface area contributed by atoms with Gasteiger partial charge in [0.1, 0.15) is 11.9 Å². The molecule has 0 aromatic heterocycles. The summed E-state index contributed by atoms with van der Waals surface area (Å²) in [5.74, 6) is -1.19. The molecule has 0 fully saturated rings. The highest BCUT2D eigenvalue weighted by Crippen LogP contribution is 2.37. The number of benzene rings is 1. The maximum atomic E-state index is 13.5. The first-order chi connectivity index (χ1) is 10.0. The van der Waals surface area contributed by atoms with Gasteiger partial charge in [-0.25, -0.2) is 4.39 Å². The summed E-state index contributed by atoms with van der Waals surface area (Å²) < 4.78 is 13.5. The molecule has 1 aliphatic rings. The molecule has 0 atom stereocenters. The largest absolute Gasteiger partial charge is 0.361 e. The summed E-state index contributed by atoms with van der Waals surface area (Å²) >= 11 is 0. The molecule has 0 bridgehead atoms. The molecule has 0 amide bonds. The van der Waals surface area contributed by atoms with E-state index < -0.39 is 11.7 Å². The topological polar surface area (TPSA) is 83.4 Å². The summed E-state index contributed by atoms with van der Waals surface area (Å²) in [4.78, 5) is 0. The predicted octanol–water partition coefficient (Wildman–Crippen LogP) is 2.98. The van der Waals surface area contributed by atoms with Crippen molar-refractivity contribution in [1.29, 1.82) is 15.8 Å². The molecule has 1 aromatic rings. The molecule has 0 radical (unpaired) electrons.